The van der Waals surface area contributed by atoms with Gasteiger partial charge in [0, 0.05) is 5.56 Å². The quantitative estimate of drug-likeness (QED) is 0.108. The summed E-state index contributed by atoms with van der Waals surface area (Å²) in [7, 11) is 0. The highest BCUT2D eigenvalue weighted by atomic mass is 16.5. The van der Waals surface area contributed by atoms with Crippen LogP contribution in [-0.4, -0.2) is 11.8 Å². The smallest absolute Gasteiger partial charge is 0.314 e. The lowest BCUT2D eigenvalue weighted by Crippen LogP contribution is -2.25. The van der Waals surface area contributed by atoms with Crippen LogP contribution in [0.25, 0.3) is 21.9 Å². The van der Waals surface area contributed by atoms with E-state index in [1.165, 1.54) is 31.8 Å². The predicted octanol–water partition coefficient (Wildman–Crippen LogP) is 8.17. The molecule has 0 spiro atoms. The Morgan fingerprint density at radius 2 is 1.56 bits per heavy atom. The molecule has 3 heteroatoms. The van der Waals surface area contributed by atoms with Crippen molar-refractivity contribution in [3.63, 3.8) is 0 Å². The number of rotatable bonds is 9. The standard InChI is InChI=1S/C31H34O3/c1-3-5-6-7-22-8-10-24(11-9-22)31(33)34-29-18-16-23(17-19-29)25-12-13-27-21-28(30(32)4-2)15-14-26(27)20-25/h4,12-22,24H,2-3,5-11H2,1H3. The highest BCUT2D eigenvalue weighted by Crippen LogP contribution is 2.33. The summed E-state index contributed by atoms with van der Waals surface area (Å²) in [6, 6.07) is 19.6. The Balaban J connectivity index is 1.36. The summed E-state index contributed by atoms with van der Waals surface area (Å²) >= 11 is 0. The maximum atomic E-state index is 12.7. The van der Waals surface area contributed by atoms with Gasteiger partial charge in [0.2, 0.25) is 0 Å². The van der Waals surface area contributed by atoms with Crippen LogP contribution in [0, 0.1) is 11.8 Å². The van der Waals surface area contributed by atoms with Crippen LogP contribution in [0.5, 0.6) is 5.75 Å². The summed E-state index contributed by atoms with van der Waals surface area (Å²) in [5, 5.41) is 2.08. The minimum absolute atomic E-state index is 0.0282. The summed E-state index contributed by atoms with van der Waals surface area (Å²) in [6.45, 7) is 5.80. The SMILES string of the molecule is C=CC(=O)c1ccc2cc(-c3ccc(OC(=O)C4CCC(CCCCC)CC4)cc3)ccc2c1. The number of esters is 1. The van der Waals surface area contributed by atoms with Gasteiger partial charge in [0.25, 0.3) is 0 Å². The molecule has 1 aliphatic carbocycles. The average molecular weight is 455 g/mol. The van der Waals surface area contributed by atoms with Gasteiger partial charge in [-0.25, -0.2) is 0 Å². The van der Waals surface area contributed by atoms with Gasteiger partial charge in [-0.3, -0.25) is 9.59 Å². The first-order valence-electron chi connectivity index (χ1n) is 12.6. The van der Waals surface area contributed by atoms with Crippen molar-refractivity contribution in [2.24, 2.45) is 11.8 Å². The van der Waals surface area contributed by atoms with Crippen molar-refractivity contribution in [3.05, 3.63) is 78.9 Å². The van der Waals surface area contributed by atoms with E-state index in [2.05, 4.69) is 19.6 Å². The van der Waals surface area contributed by atoms with E-state index >= 15 is 0 Å². The minimum Gasteiger partial charge on any atom is -0.426 e. The van der Waals surface area contributed by atoms with Crippen molar-refractivity contribution >= 4 is 22.5 Å². The molecule has 0 saturated heterocycles. The lowest BCUT2D eigenvalue weighted by molar-refractivity contribution is -0.140. The maximum absolute atomic E-state index is 12.7. The highest BCUT2D eigenvalue weighted by molar-refractivity contribution is 6.06. The van der Waals surface area contributed by atoms with Gasteiger partial charge in [0.15, 0.2) is 5.78 Å². The Kier molecular flexibility index (Phi) is 7.95. The molecule has 4 rings (SSSR count). The molecule has 0 aliphatic heterocycles. The number of ketones is 1. The Labute approximate surface area is 202 Å². The van der Waals surface area contributed by atoms with Crippen molar-refractivity contribution in [1.29, 1.82) is 0 Å². The molecule has 0 amide bonds. The van der Waals surface area contributed by atoms with Gasteiger partial charge in [-0.1, -0.05) is 75.6 Å². The van der Waals surface area contributed by atoms with E-state index in [1.54, 1.807) is 0 Å². The van der Waals surface area contributed by atoms with Crippen LogP contribution in [0.15, 0.2) is 73.3 Å². The number of hydrogen-bond donors (Lipinski definition) is 0. The van der Waals surface area contributed by atoms with Gasteiger partial charge >= 0.3 is 5.97 Å². The van der Waals surface area contributed by atoms with Gasteiger partial charge < -0.3 is 4.74 Å². The second-order valence-corrected chi connectivity index (χ2v) is 9.50. The topological polar surface area (TPSA) is 43.4 Å². The molecule has 0 bridgehead atoms. The molecule has 34 heavy (non-hydrogen) atoms. The molecule has 1 aliphatic rings. The number of hydrogen-bond acceptors (Lipinski definition) is 3. The second kappa shape index (κ2) is 11.3. The van der Waals surface area contributed by atoms with Crippen molar-refractivity contribution in [2.75, 3.05) is 0 Å². The van der Waals surface area contributed by atoms with E-state index in [0.717, 1.165) is 53.5 Å². The van der Waals surface area contributed by atoms with Crippen LogP contribution < -0.4 is 4.74 Å². The van der Waals surface area contributed by atoms with E-state index < -0.39 is 0 Å². The first-order valence-corrected chi connectivity index (χ1v) is 12.6. The van der Waals surface area contributed by atoms with Crippen LogP contribution in [0.4, 0.5) is 0 Å². The lowest BCUT2D eigenvalue weighted by Gasteiger charge is -2.27. The Hall–Kier alpha value is -3.20. The van der Waals surface area contributed by atoms with Gasteiger partial charge in [-0.05, 0) is 83.8 Å². The summed E-state index contributed by atoms with van der Waals surface area (Å²) < 4.78 is 5.72. The number of fused-ring (bicyclic) bond motifs is 1. The zero-order valence-corrected chi connectivity index (χ0v) is 20.1. The first kappa shape index (κ1) is 23.9. The van der Waals surface area contributed by atoms with E-state index in [9.17, 15) is 9.59 Å². The number of carbonyl (C=O) groups excluding carboxylic acids is 2. The molecule has 1 fully saturated rings. The van der Waals surface area contributed by atoms with Crippen LogP contribution in [0.3, 0.4) is 0 Å². The minimum atomic E-state index is -0.0876. The van der Waals surface area contributed by atoms with E-state index in [0.29, 0.717) is 11.3 Å². The van der Waals surface area contributed by atoms with Gasteiger partial charge in [0.1, 0.15) is 5.75 Å². The predicted molar refractivity (Wildman–Crippen MR) is 139 cm³/mol. The Bertz CT molecular complexity index is 1150. The third-order valence-electron chi connectivity index (χ3n) is 7.11. The van der Waals surface area contributed by atoms with Crippen LogP contribution in [-0.2, 0) is 4.79 Å². The maximum Gasteiger partial charge on any atom is 0.314 e. The number of benzene rings is 3. The molecule has 0 heterocycles. The van der Waals surface area contributed by atoms with E-state index in [4.69, 9.17) is 4.74 Å². The fourth-order valence-corrected chi connectivity index (χ4v) is 4.98. The highest BCUT2D eigenvalue weighted by Gasteiger charge is 2.27. The molecule has 0 N–H and O–H groups in total. The van der Waals surface area contributed by atoms with Crippen LogP contribution in [0.1, 0.15) is 68.6 Å². The second-order valence-electron chi connectivity index (χ2n) is 9.50. The monoisotopic (exact) mass is 454 g/mol. The van der Waals surface area contributed by atoms with E-state index in [-0.39, 0.29) is 17.7 Å². The van der Waals surface area contributed by atoms with E-state index in [1.807, 2.05) is 54.6 Å². The fraction of sp³-hybridized carbons (Fsp3) is 0.355. The summed E-state index contributed by atoms with van der Waals surface area (Å²) in [5.74, 6) is 1.25. The molecule has 0 aromatic heterocycles. The first-order chi connectivity index (χ1) is 16.6. The molecule has 176 valence electrons. The van der Waals surface area contributed by atoms with Crippen molar-refractivity contribution < 1.29 is 14.3 Å². The molecule has 0 unspecified atom stereocenters. The molecule has 3 nitrogen and oxygen atoms in total. The molecule has 3 aromatic rings. The third kappa shape index (κ3) is 5.83. The molecule has 1 saturated carbocycles. The normalized spacial score (nSPS) is 17.9. The van der Waals surface area contributed by atoms with Crippen molar-refractivity contribution in [1.82, 2.24) is 0 Å². The molecular weight excluding hydrogens is 420 g/mol. The number of carbonyl (C=O) groups is 2. The molecule has 3 aromatic carbocycles. The van der Waals surface area contributed by atoms with Gasteiger partial charge in [0.05, 0.1) is 5.92 Å². The zero-order valence-electron chi connectivity index (χ0n) is 20.1. The largest absolute Gasteiger partial charge is 0.426 e. The lowest BCUT2D eigenvalue weighted by atomic mass is 9.80. The fourth-order valence-electron chi connectivity index (χ4n) is 4.98. The Morgan fingerprint density at radius 3 is 2.26 bits per heavy atom. The van der Waals surface area contributed by atoms with Crippen LogP contribution >= 0.6 is 0 Å². The molecule has 0 radical (unpaired) electrons. The third-order valence-corrected chi connectivity index (χ3v) is 7.11. The number of ether oxygens (including phenoxy) is 1. The van der Waals surface area contributed by atoms with Crippen molar-refractivity contribution in [2.45, 2.75) is 58.3 Å². The summed E-state index contributed by atoms with van der Waals surface area (Å²) in [6.07, 6.45) is 10.7. The number of allylic oxidation sites excluding steroid dienone is 1. The summed E-state index contributed by atoms with van der Waals surface area (Å²) in [4.78, 5) is 24.5. The molecule has 0 atom stereocenters. The van der Waals surface area contributed by atoms with Gasteiger partial charge in [-0.15, -0.1) is 0 Å². The summed E-state index contributed by atoms with van der Waals surface area (Å²) in [5.41, 5.74) is 2.78. The average Bonchev–Trinajstić information content (AvgIpc) is 2.88. The molecular formula is C31H34O3. The Morgan fingerprint density at radius 1 is 0.882 bits per heavy atom. The van der Waals surface area contributed by atoms with Crippen molar-refractivity contribution in [3.8, 4) is 16.9 Å². The zero-order chi connectivity index (χ0) is 23.9. The number of unbranched alkanes of at least 4 members (excludes halogenated alkanes) is 2. The van der Waals surface area contributed by atoms with Gasteiger partial charge in [-0.2, -0.15) is 0 Å². The van der Waals surface area contributed by atoms with Crippen LogP contribution in [0.2, 0.25) is 0 Å².